The molecule has 0 amide bonds. The molecule has 0 atom stereocenters. The van der Waals surface area contributed by atoms with E-state index in [1.54, 1.807) is 0 Å². The molecule has 4 heteroatoms. The third kappa shape index (κ3) is 3.05. The predicted molar refractivity (Wildman–Crippen MR) is 81.8 cm³/mol. The number of para-hydroxylation sites is 1. The van der Waals surface area contributed by atoms with Gasteiger partial charge in [0.15, 0.2) is 0 Å². The number of aromatic nitrogens is 1. The Balaban J connectivity index is 0.000000963. The van der Waals surface area contributed by atoms with Crippen LogP contribution < -0.4 is 0 Å². The Morgan fingerprint density at radius 2 is 1.33 bits per heavy atom. The van der Waals surface area contributed by atoms with Gasteiger partial charge >= 0.3 is 0 Å². The highest BCUT2D eigenvalue weighted by Gasteiger charge is 2.00. The molecule has 3 N–H and O–H groups in total. The molecule has 0 radical (unpaired) electrons. The summed E-state index contributed by atoms with van der Waals surface area (Å²) in [5.41, 5.74) is 3.60. The predicted octanol–water partition coefficient (Wildman–Crippen LogP) is 3.85. The Hall–Kier alpha value is -1.48. The van der Waals surface area contributed by atoms with Crippen molar-refractivity contribution in [3.8, 4) is 11.3 Å². The van der Waals surface area contributed by atoms with Crippen molar-refractivity contribution in [2.75, 3.05) is 0 Å². The van der Waals surface area contributed by atoms with E-state index in [4.69, 9.17) is 0 Å². The summed E-state index contributed by atoms with van der Waals surface area (Å²) in [4.78, 5) is 3.41. The Kier molecular flexibility index (Phi) is 6.48. The number of aromatic amines is 1. The lowest BCUT2D eigenvalue weighted by Crippen LogP contribution is -1.74. The van der Waals surface area contributed by atoms with E-state index < -0.39 is 0 Å². The summed E-state index contributed by atoms with van der Waals surface area (Å²) < 4.78 is 0. The fourth-order valence-electron chi connectivity index (χ4n) is 1.85. The summed E-state index contributed by atoms with van der Waals surface area (Å²) in [5.74, 6) is 0. The molecule has 0 aliphatic rings. The quantitative estimate of drug-likeness (QED) is 0.705. The summed E-state index contributed by atoms with van der Waals surface area (Å²) in [6, 6.07) is 20.9. The first-order valence-corrected chi connectivity index (χ1v) is 5.07. The molecule has 0 bridgehead atoms. The van der Waals surface area contributed by atoms with Crippen molar-refractivity contribution in [3.63, 3.8) is 0 Å². The number of hydrogen-bond donors (Lipinski definition) is 1. The Morgan fingerprint density at radius 3 is 2.00 bits per heavy atom. The van der Waals surface area contributed by atoms with Crippen LogP contribution in [0.15, 0.2) is 60.7 Å². The highest BCUT2D eigenvalue weighted by Crippen LogP contribution is 2.23. The minimum atomic E-state index is 0. The standard InChI is InChI=1S/C14H11N.2ClH.H2O/c1-2-6-11(7-3-1)14-10-12-8-4-5-9-13(12)15-14;;;/h1-10,15H;2*1H;1H2. The minimum Gasteiger partial charge on any atom is -0.412 e. The second-order valence-corrected chi connectivity index (χ2v) is 3.64. The summed E-state index contributed by atoms with van der Waals surface area (Å²) in [6.45, 7) is 0. The van der Waals surface area contributed by atoms with Crippen molar-refractivity contribution in [1.82, 2.24) is 4.98 Å². The average Bonchev–Trinajstić information content (AvgIpc) is 2.74. The highest BCUT2D eigenvalue weighted by atomic mass is 35.5. The van der Waals surface area contributed by atoms with Crippen molar-refractivity contribution in [2.24, 2.45) is 0 Å². The monoisotopic (exact) mass is 283 g/mol. The van der Waals surface area contributed by atoms with Crippen LogP contribution in [0.5, 0.6) is 0 Å². The van der Waals surface area contributed by atoms with Crippen molar-refractivity contribution < 1.29 is 5.48 Å². The van der Waals surface area contributed by atoms with Crippen LogP contribution in [0.2, 0.25) is 0 Å². The van der Waals surface area contributed by atoms with Gasteiger partial charge in [-0.15, -0.1) is 24.8 Å². The van der Waals surface area contributed by atoms with Crippen LogP contribution in [0.3, 0.4) is 0 Å². The molecule has 0 spiro atoms. The van der Waals surface area contributed by atoms with Gasteiger partial charge in [0.1, 0.15) is 0 Å². The maximum atomic E-state index is 3.41. The number of nitrogens with one attached hydrogen (secondary N) is 1. The Labute approximate surface area is 118 Å². The van der Waals surface area contributed by atoms with Crippen molar-refractivity contribution >= 4 is 35.7 Å². The van der Waals surface area contributed by atoms with Crippen molar-refractivity contribution in [2.45, 2.75) is 0 Å². The van der Waals surface area contributed by atoms with E-state index in [0.717, 1.165) is 0 Å². The summed E-state index contributed by atoms with van der Waals surface area (Å²) in [5, 5.41) is 1.26. The molecule has 0 aliphatic carbocycles. The third-order valence-corrected chi connectivity index (χ3v) is 2.61. The SMILES string of the molecule is Cl.Cl.O.c1ccc(-c2cc3ccccc3[nH]2)cc1. The van der Waals surface area contributed by atoms with Gasteiger partial charge in [0.2, 0.25) is 0 Å². The first-order chi connectivity index (χ1) is 7.43. The largest absolute Gasteiger partial charge is 0.412 e. The Morgan fingerprint density at radius 1 is 0.722 bits per heavy atom. The molecular weight excluding hydrogens is 269 g/mol. The van der Waals surface area contributed by atoms with Crippen molar-refractivity contribution in [1.29, 1.82) is 0 Å². The van der Waals surface area contributed by atoms with E-state index in [1.807, 2.05) is 12.1 Å². The first kappa shape index (κ1) is 16.5. The number of benzene rings is 2. The van der Waals surface area contributed by atoms with Crippen LogP contribution in [0, 0.1) is 0 Å². The maximum Gasteiger partial charge on any atom is 0.0464 e. The van der Waals surface area contributed by atoms with Crippen LogP contribution in [0.4, 0.5) is 0 Å². The topological polar surface area (TPSA) is 47.3 Å². The average molecular weight is 284 g/mol. The third-order valence-electron chi connectivity index (χ3n) is 2.61. The first-order valence-electron chi connectivity index (χ1n) is 5.07. The highest BCUT2D eigenvalue weighted by molar-refractivity contribution is 5.86. The van der Waals surface area contributed by atoms with E-state index in [1.165, 1.54) is 22.2 Å². The molecule has 18 heavy (non-hydrogen) atoms. The number of H-pyrrole nitrogens is 1. The second-order valence-electron chi connectivity index (χ2n) is 3.64. The molecule has 3 aromatic rings. The van der Waals surface area contributed by atoms with Crippen LogP contribution >= 0.6 is 24.8 Å². The van der Waals surface area contributed by atoms with E-state index in [9.17, 15) is 0 Å². The number of halogens is 2. The molecule has 2 nitrogen and oxygen atoms in total. The van der Waals surface area contributed by atoms with Gasteiger partial charge in [0.05, 0.1) is 0 Å². The number of fused-ring (bicyclic) bond motifs is 1. The van der Waals surface area contributed by atoms with Gasteiger partial charge in [-0.2, -0.15) is 0 Å². The summed E-state index contributed by atoms with van der Waals surface area (Å²) in [7, 11) is 0. The van der Waals surface area contributed by atoms with E-state index in [0.29, 0.717) is 0 Å². The van der Waals surface area contributed by atoms with Crippen LogP contribution in [-0.2, 0) is 0 Å². The van der Waals surface area contributed by atoms with E-state index in [-0.39, 0.29) is 30.3 Å². The molecular formula is C14H15Cl2NO. The second kappa shape index (κ2) is 7.07. The normalized spacial score (nSPS) is 8.89. The molecule has 1 aromatic heterocycles. The lowest BCUT2D eigenvalue weighted by atomic mass is 10.1. The molecule has 0 saturated carbocycles. The summed E-state index contributed by atoms with van der Waals surface area (Å²) >= 11 is 0. The molecule has 0 aliphatic heterocycles. The molecule has 1 heterocycles. The van der Waals surface area contributed by atoms with Crippen LogP contribution in [0.1, 0.15) is 0 Å². The number of hydrogen-bond acceptors (Lipinski definition) is 0. The van der Waals surface area contributed by atoms with Gasteiger partial charge in [0.25, 0.3) is 0 Å². The summed E-state index contributed by atoms with van der Waals surface area (Å²) in [6.07, 6.45) is 0. The zero-order valence-electron chi connectivity index (χ0n) is 9.59. The van der Waals surface area contributed by atoms with Crippen LogP contribution in [0.25, 0.3) is 22.2 Å². The molecule has 0 fully saturated rings. The van der Waals surface area contributed by atoms with Gasteiger partial charge in [-0.05, 0) is 17.7 Å². The van der Waals surface area contributed by atoms with Crippen LogP contribution in [-0.4, -0.2) is 10.5 Å². The molecule has 0 saturated heterocycles. The smallest absolute Gasteiger partial charge is 0.0464 e. The van der Waals surface area contributed by atoms with Crippen molar-refractivity contribution in [3.05, 3.63) is 60.7 Å². The van der Waals surface area contributed by atoms with Gasteiger partial charge in [-0.1, -0.05) is 48.5 Å². The lowest BCUT2D eigenvalue weighted by Gasteiger charge is -1.94. The van der Waals surface area contributed by atoms with Gasteiger partial charge in [-0.3, -0.25) is 0 Å². The van der Waals surface area contributed by atoms with Gasteiger partial charge in [-0.25, -0.2) is 0 Å². The zero-order valence-corrected chi connectivity index (χ0v) is 11.2. The maximum absolute atomic E-state index is 3.41. The number of rotatable bonds is 1. The Bertz CT molecular complexity index is 560. The minimum absolute atomic E-state index is 0. The molecule has 3 rings (SSSR count). The lowest BCUT2D eigenvalue weighted by molar-refractivity contribution is 0.824. The van der Waals surface area contributed by atoms with Gasteiger partial charge in [0, 0.05) is 16.6 Å². The molecule has 0 unspecified atom stereocenters. The molecule has 96 valence electrons. The zero-order chi connectivity index (χ0) is 10.1. The fourth-order valence-corrected chi connectivity index (χ4v) is 1.85. The van der Waals surface area contributed by atoms with E-state index >= 15 is 0 Å². The fraction of sp³-hybridized carbons (Fsp3) is 0. The van der Waals surface area contributed by atoms with E-state index in [2.05, 4.69) is 53.5 Å². The van der Waals surface area contributed by atoms with Gasteiger partial charge < -0.3 is 10.5 Å². The molecule has 2 aromatic carbocycles.